The first-order chi connectivity index (χ1) is 9.23. The van der Waals surface area contributed by atoms with Gasteiger partial charge in [0.1, 0.15) is 0 Å². The van der Waals surface area contributed by atoms with Gasteiger partial charge in [-0.3, -0.25) is 0 Å². The van der Waals surface area contributed by atoms with Gasteiger partial charge in [0.25, 0.3) is 0 Å². The second-order valence-electron chi connectivity index (χ2n) is 6.60. The summed E-state index contributed by atoms with van der Waals surface area (Å²) in [6.45, 7) is 2.25. The van der Waals surface area contributed by atoms with Crippen LogP contribution in [0.5, 0.6) is 0 Å². The van der Waals surface area contributed by atoms with Crippen LogP contribution in [-0.4, -0.2) is 11.2 Å². The molecule has 1 fully saturated rings. The Kier molecular flexibility index (Phi) is 3.66. The van der Waals surface area contributed by atoms with Crippen molar-refractivity contribution in [3.05, 3.63) is 34.9 Å². The molecule has 1 unspecified atom stereocenters. The third-order valence-electron chi connectivity index (χ3n) is 5.60. The van der Waals surface area contributed by atoms with Gasteiger partial charge in [0.15, 0.2) is 0 Å². The number of hydrogen-bond acceptors (Lipinski definition) is 1. The third-order valence-corrected chi connectivity index (χ3v) is 5.60. The predicted molar refractivity (Wildman–Crippen MR) is 79.4 cm³/mol. The van der Waals surface area contributed by atoms with Crippen molar-refractivity contribution in [1.82, 2.24) is 0 Å². The summed E-state index contributed by atoms with van der Waals surface area (Å²) in [6.07, 6.45) is 10.6. The van der Waals surface area contributed by atoms with Crippen LogP contribution >= 0.6 is 0 Å². The van der Waals surface area contributed by atoms with E-state index in [0.29, 0.717) is 0 Å². The maximum absolute atomic E-state index is 10.7. The summed E-state index contributed by atoms with van der Waals surface area (Å²) in [4.78, 5) is 0. The molecule has 0 amide bonds. The second kappa shape index (κ2) is 5.28. The summed E-state index contributed by atoms with van der Waals surface area (Å²) in [6, 6.07) is 6.88. The molecule has 1 atom stereocenters. The summed E-state index contributed by atoms with van der Waals surface area (Å²) in [7, 11) is 0. The van der Waals surface area contributed by atoms with Gasteiger partial charge in [-0.2, -0.15) is 0 Å². The highest BCUT2D eigenvalue weighted by Crippen LogP contribution is 2.44. The molecule has 1 heteroatoms. The summed E-state index contributed by atoms with van der Waals surface area (Å²) >= 11 is 0. The molecule has 0 radical (unpaired) electrons. The van der Waals surface area contributed by atoms with Gasteiger partial charge < -0.3 is 5.11 Å². The van der Waals surface area contributed by atoms with E-state index >= 15 is 0 Å². The highest BCUT2D eigenvalue weighted by Gasteiger charge is 2.38. The zero-order valence-electron chi connectivity index (χ0n) is 12.1. The van der Waals surface area contributed by atoms with Crippen molar-refractivity contribution >= 4 is 0 Å². The first kappa shape index (κ1) is 13.2. The summed E-state index contributed by atoms with van der Waals surface area (Å²) in [5.41, 5.74) is 4.61. The van der Waals surface area contributed by atoms with Crippen molar-refractivity contribution < 1.29 is 5.11 Å². The van der Waals surface area contributed by atoms with E-state index in [9.17, 15) is 5.11 Å². The minimum atomic E-state index is -0.153. The van der Waals surface area contributed by atoms with Gasteiger partial charge in [-0.15, -0.1) is 0 Å². The molecule has 1 aromatic carbocycles. The number of benzene rings is 1. The van der Waals surface area contributed by atoms with Gasteiger partial charge in [0.05, 0.1) is 6.10 Å². The quantitative estimate of drug-likeness (QED) is 0.864. The number of rotatable bonds is 4. The Morgan fingerprint density at radius 1 is 1.11 bits per heavy atom. The van der Waals surface area contributed by atoms with E-state index in [1.54, 1.807) is 0 Å². The lowest BCUT2D eigenvalue weighted by Gasteiger charge is -2.33. The minimum Gasteiger partial charge on any atom is -0.392 e. The molecule has 19 heavy (non-hydrogen) atoms. The maximum Gasteiger partial charge on any atom is 0.0636 e. The van der Waals surface area contributed by atoms with Crippen molar-refractivity contribution in [2.75, 3.05) is 0 Å². The number of hydrogen-bond donors (Lipinski definition) is 1. The van der Waals surface area contributed by atoms with Gasteiger partial charge in [-0.25, -0.2) is 0 Å². The predicted octanol–water partition coefficient (Wildman–Crippen LogP) is 4.05. The zero-order valence-corrected chi connectivity index (χ0v) is 12.1. The fourth-order valence-electron chi connectivity index (χ4n) is 4.19. The maximum atomic E-state index is 10.7. The molecule has 1 saturated carbocycles. The lowest BCUT2D eigenvalue weighted by Crippen LogP contribution is -2.33. The van der Waals surface area contributed by atoms with Crippen LogP contribution in [0.25, 0.3) is 0 Å². The Bertz CT molecular complexity index is 443. The molecule has 0 aromatic heterocycles. The van der Waals surface area contributed by atoms with Crippen molar-refractivity contribution in [3.8, 4) is 0 Å². The van der Waals surface area contributed by atoms with Crippen LogP contribution in [0, 0.1) is 5.41 Å². The molecule has 1 nitrogen and oxygen atoms in total. The standard InChI is InChI=1S/C18H26O/c1-2-18(10-3-4-11-18)17(19)13-14-8-9-15-6-5-7-16(15)12-14/h8-9,12,17,19H,2-7,10-11,13H2,1H3. The second-order valence-corrected chi connectivity index (χ2v) is 6.60. The molecule has 104 valence electrons. The Morgan fingerprint density at radius 2 is 1.84 bits per heavy atom. The Hall–Kier alpha value is -0.820. The number of aliphatic hydroxyl groups excluding tert-OH is 1. The SMILES string of the molecule is CCC1(C(O)Cc2ccc3c(c2)CCC3)CCCC1. The largest absolute Gasteiger partial charge is 0.392 e. The van der Waals surface area contributed by atoms with E-state index < -0.39 is 0 Å². The molecule has 2 aliphatic carbocycles. The minimum absolute atomic E-state index is 0.153. The van der Waals surface area contributed by atoms with Crippen LogP contribution in [0.4, 0.5) is 0 Å². The molecule has 0 saturated heterocycles. The van der Waals surface area contributed by atoms with E-state index in [4.69, 9.17) is 0 Å². The molecule has 0 spiro atoms. The van der Waals surface area contributed by atoms with Crippen LogP contribution in [0.3, 0.4) is 0 Å². The van der Waals surface area contributed by atoms with Gasteiger partial charge in [0, 0.05) is 0 Å². The topological polar surface area (TPSA) is 20.2 Å². The zero-order chi connectivity index (χ0) is 13.3. The number of aryl methyl sites for hydroxylation is 2. The van der Waals surface area contributed by atoms with Crippen LogP contribution in [0.15, 0.2) is 18.2 Å². The molecule has 0 bridgehead atoms. The third kappa shape index (κ3) is 2.45. The van der Waals surface area contributed by atoms with Gasteiger partial charge in [-0.1, -0.05) is 38.0 Å². The number of fused-ring (bicyclic) bond motifs is 1. The Balaban J connectivity index is 1.74. The molecule has 1 aromatic rings. The molecule has 0 heterocycles. The average molecular weight is 258 g/mol. The van der Waals surface area contributed by atoms with Crippen LogP contribution in [-0.2, 0) is 19.3 Å². The first-order valence-corrected chi connectivity index (χ1v) is 8.02. The average Bonchev–Trinajstić information content (AvgIpc) is 3.07. The van der Waals surface area contributed by atoms with Gasteiger partial charge in [0.2, 0.25) is 0 Å². The Morgan fingerprint density at radius 3 is 2.58 bits per heavy atom. The lowest BCUT2D eigenvalue weighted by molar-refractivity contribution is 0.0257. The highest BCUT2D eigenvalue weighted by atomic mass is 16.3. The van der Waals surface area contributed by atoms with Gasteiger partial charge in [-0.05, 0) is 67.1 Å². The van der Waals surface area contributed by atoms with E-state index in [-0.39, 0.29) is 11.5 Å². The van der Waals surface area contributed by atoms with Crippen molar-refractivity contribution in [1.29, 1.82) is 0 Å². The molecule has 1 N–H and O–H groups in total. The van der Waals surface area contributed by atoms with Crippen molar-refractivity contribution in [2.24, 2.45) is 5.41 Å². The monoisotopic (exact) mass is 258 g/mol. The van der Waals surface area contributed by atoms with Gasteiger partial charge >= 0.3 is 0 Å². The van der Waals surface area contributed by atoms with Crippen molar-refractivity contribution in [2.45, 2.75) is 70.8 Å². The molecular weight excluding hydrogens is 232 g/mol. The van der Waals surface area contributed by atoms with Crippen LogP contribution < -0.4 is 0 Å². The van der Waals surface area contributed by atoms with E-state index in [1.165, 1.54) is 61.6 Å². The number of aliphatic hydroxyl groups is 1. The summed E-state index contributed by atoms with van der Waals surface area (Å²) in [5.74, 6) is 0. The van der Waals surface area contributed by atoms with Crippen LogP contribution in [0.1, 0.15) is 62.1 Å². The fourth-order valence-corrected chi connectivity index (χ4v) is 4.19. The molecular formula is C18H26O. The molecule has 3 rings (SSSR count). The fraction of sp³-hybridized carbons (Fsp3) is 0.667. The normalized spacial score (nSPS) is 22.4. The highest BCUT2D eigenvalue weighted by molar-refractivity contribution is 5.35. The molecule has 0 aliphatic heterocycles. The first-order valence-electron chi connectivity index (χ1n) is 8.02. The van der Waals surface area contributed by atoms with E-state index in [2.05, 4.69) is 25.1 Å². The van der Waals surface area contributed by atoms with E-state index in [0.717, 1.165) is 12.8 Å². The van der Waals surface area contributed by atoms with Crippen LogP contribution in [0.2, 0.25) is 0 Å². The summed E-state index contributed by atoms with van der Waals surface area (Å²) < 4.78 is 0. The smallest absolute Gasteiger partial charge is 0.0636 e. The van der Waals surface area contributed by atoms with E-state index in [1.807, 2.05) is 0 Å². The van der Waals surface area contributed by atoms with Crippen molar-refractivity contribution in [3.63, 3.8) is 0 Å². The molecule has 2 aliphatic rings. The lowest BCUT2D eigenvalue weighted by atomic mass is 9.75. The Labute approximate surface area is 117 Å². The summed E-state index contributed by atoms with van der Waals surface area (Å²) in [5, 5.41) is 10.7.